The van der Waals surface area contributed by atoms with Gasteiger partial charge in [-0.05, 0) is 32.0 Å². The third-order valence-corrected chi connectivity index (χ3v) is 3.21. The van der Waals surface area contributed by atoms with Crippen LogP contribution in [0, 0.1) is 0 Å². The Kier molecular flexibility index (Phi) is 4.20. The van der Waals surface area contributed by atoms with Crippen LogP contribution in [0.5, 0.6) is 5.75 Å². The molecule has 0 radical (unpaired) electrons. The maximum absolute atomic E-state index is 12.3. The number of anilines is 1. The summed E-state index contributed by atoms with van der Waals surface area (Å²) < 4.78 is 5.34. The number of rotatable bonds is 2. The van der Waals surface area contributed by atoms with E-state index in [4.69, 9.17) is 4.74 Å². The number of carbonyl (C=O) groups excluding carboxylic acids is 1. The number of nitrogens with zero attached hydrogens (tertiary/aromatic N) is 1. The van der Waals surface area contributed by atoms with Gasteiger partial charge in [0, 0.05) is 19.0 Å². The predicted molar refractivity (Wildman–Crippen MR) is 72.0 cm³/mol. The smallest absolute Gasteiger partial charge is 0.228 e. The van der Waals surface area contributed by atoms with E-state index in [0.717, 1.165) is 30.9 Å². The summed E-state index contributed by atoms with van der Waals surface area (Å²) in [7, 11) is 1.64. The molecule has 4 heteroatoms. The summed E-state index contributed by atoms with van der Waals surface area (Å²) in [5, 5.41) is 3.34. The van der Waals surface area contributed by atoms with Crippen molar-refractivity contribution in [2.24, 2.45) is 0 Å². The molecule has 1 aromatic carbocycles. The summed E-state index contributed by atoms with van der Waals surface area (Å²) >= 11 is 0. The lowest BCUT2D eigenvalue weighted by Crippen LogP contribution is -2.42. The Balaban J connectivity index is 2.25. The molecule has 1 heterocycles. The zero-order chi connectivity index (χ0) is 13.0. The van der Waals surface area contributed by atoms with Crippen LogP contribution in [0.2, 0.25) is 0 Å². The van der Waals surface area contributed by atoms with Crippen LogP contribution in [0.25, 0.3) is 0 Å². The number of hydrogen-bond acceptors (Lipinski definition) is 3. The lowest BCUT2D eigenvalue weighted by Gasteiger charge is -2.28. The topological polar surface area (TPSA) is 41.6 Å². The van der Waals surface area contributed by atoms with Gasteiger partial charge in [0.2, 0.25) is 5.91 Å². The summed E-state index contributed by atoms with van der Waals surface area (Å²) in [4.78, 5) is 14.1. The number of benzene rings is 1. The van der Waals surface area contributed by atoms with Gasteiger partial charge >= 0.3 is 0 Å². The minimum absolute atomic E-state index is 0.152. The maximum Gasteiger partial charge on any atom is 0.228 e. The highest BCUT2D eigenvalue weighted by molar-refractivity contribution is 5.95. The van der Waals surface area contributed by atoms with Crippen molar-refractivity contribution in [3.63, 3.8) is 0 Å². The fourth-order valence-electron chi connectivity index (χ4n) is 2.26. The van der Waals surface area contributed by atoms with E-state index in [1.54, 1.807) is 7.11 Å². The van der Waals surface area contributed by atoms with Crippen LogP contribution in [0.1, 0.15) is 19.8 Å². The first-order valence-electron chi connectivity index (χ1n) is 6.39. The Bertz CT molecular complexity index is 420. The fraction of sp³-hybridized carbons (Fsp3) is 0.500. The van der Waals surface area contributed by atoms with Crippen molar-refractivity contribution in [1.29, 1.82) is 0 Å². The van der Waals surface area contributed by atoms with Crippen LogP contribution in [-0.2, 0) is 4.79 Å². The minimum Gasteiger partial charge on any atom is -0.495 e. The SMILES string of the molecule is COc1ccccc1N1CCCNC(C)CC1=O. The van der Waals surface area contributed by atoms with E-state index in [9.17, 15) is 4.79 Å². The Morgan fingerprint density at radius 1 is 1.39 bits per heavy atom. The molecule has 1 aromatic rings. The standard InChI is InChI=1S/C14H20N2O2/c1-11-10-14(17)16(9-5-8-15-11)12-6-3-4-7-13(12)18-2/h3-4,6-7,11,15H,5,8-10H2,1-2H3. The average Bonchev–Trinajstić information content (AvgIpc) is 2.36. The number of methoxy groups -OCH3 is 1. The Labute approximate surface area is 108 Å². The molecule has 1 amide bonds. The highest BCUT2D eigenvalue weighted by Crippen LogP contribution is 2.28. The second-order valence-electron chi connectivity index (χ2n) is 4.63. The van der Waals surface area contributed by atoms with Crippen molar-refractivity contribution in [1.82, 2.24) is 5.32 Å². The van der Waals surface area contributed by atoms with Crippen molar-refractivity contribution >= 4 is 11.6 Å². The second kappa shape index (κ2) is 5.87. The molecule has 0 bridgehead atoms. The fourth-order valence-corrected chi connectivity index (χ4v) is 2.26. The first kappa shape index (κ1) is 12.9. The van der Waals surface area contributed by atoms with Crippen molar-refractivity contribution in [3.05, 3.63) is 24.3 Å². The minimum atomic E-state index is 0.152. The lowest BCUT2D eigenvalue weighted by atomic mass is 10.1. The molecule has 0 aromatic heterocycles. The average molecular weight is 248 g/mol. The normalized spacial score (nSPS) is 21.3. The number of nitrogens with one attached hydrogen (secondary N) is 1. The molecule has 18 heavy (non-hydrogen) atoms. The predicted octanol–water partition coefficient (Wildman–Crippen LogP) is 1.80. The molecular weight excluding hydrogens is 228 g/mol. The van der Waals surface area contributed by atoms with E-state index in [0.29, 0.717) is 6.42 Å². The molecule has 0 spiro atoms. The van der Waals surface area contributed by atoms with E-state index in [-0.39, 0.29) is 11.9 Å². The van der Waals surface area contributed by atoms with Crippen LogP contribution in [0.15, 0.2) is 24.3 Å². The van der Waals surface area contributed by atoms with Crippen LogP contribution < -0.4 is 15.0 Å². The van der Waals surface area contributed by atoms with E-state index in [1.807, 2.05) is 36.1 Å². The summed E-state index contributed by atoms with van der Waals surface area (Å²) in [6, 6.07) is 7.92. The quantitative estimate of drug-likeness (QED) is 0.867. The van der Waals surface area contributed by atoms with Gasteiger partial charge in [-0.2, -0.15) is 0 Å². The number of amides is 1. The van der Waals surface area contributed by atoms with Gasteiger partial charge in [-0.25, -0.2) is 0 Å². The molecule has 0 saturated carbocycles. The summed E-state index contributed by atoms with van der Waals surface area (Å²) in [6.45, 7) is 3.72. The molecule has 98 valence electrons. The molecule has 1 fully saturated rings. The Morgan fingerprint density at radius 3 is 2.94 bits per heavy atom. The second-order valence-corrected chi connectivity index (χ2v) is 4.63. The van der Waals surface area contributed by atoms with Crippen molar-refractivity contribution in [2.75, 3.05) is 25.1 Å². The number of carbonyl (C=O) groups is 1. The third kappa shape index (κ3) is 2.82. The summed E-state index contributed by atoms with van der Waals surface area (Å²) in [5.41, 5.74) is 0.874. The van der Waals surface area contributed by atoms with Gasteiger partial charge in [-0.15, -0.1) is 0 Å². The molecule has 1 saturated heterocycles. The molecule has 2 rings (SSSR count). The van der Waals surface area contributed by atoms with E-state index >= 15 is 0 Å². The summed E-state index contributed by atoms with van der Waals surface area (Å²) in [5.74, 6) is 0.909. The van der Waals surface area contributed by atoms with Gasteiger partial charge < -0.3 is 15.0 Å². The van der Waals surface area contributed by atoms with Crippen molar-refractivity contribution < 1.29 is 9.53 Å². The molecular formula is C14H20N2O2. The molecule has 1 N–H and O–H groups in total. The molecule has 1 unspecified atom stereocenters. The molecule has 1 aliphatic rings. The zero-order valence-electron chi connectivity index (χ0n) is 11.0. The van der Waals surface area contributed by atoms with Gasteiger partial charge in [0.05, 0.1) is 12.8 Å². The van der Waals surface area contributed by atoms with E-state index in [1.165, 1.54) is 0 Å². The van der Waals surface area contributed by atoms with Gasteiger partial charge in [0.25, 0.3) is 0 Å². The maximum atomic E-state index is 12.3. The van der Waals surface area contributed by atoms with E-state index in [2.05, 4.69) is 5.32 Å². The Morgan fingerprint density at radius 2 is 2.17 bits per heavy atom. The largest absolute Gasteiger partial charge is 0.495 e. The third-order valence-electron chi connectivity index (χ3n) is 3.21. The Hall–Kier alpha value is -1.55. The number of ether oxygens (including phenoxy) is 1. The van der Waals surface area contributed by atoms with Crippen LogP contribution in [0.4, 0.5) is 5.69 Å². The number of para-hydroxylation sites is 2. The monoisotopic (exact) mass is 248 g/mol. The van der Waals surface area contributed by atoms with E-state index < -0.39 is 0 Å². The first-order chi connectivity index (χ1) is 8.72. The van der Waals surface area contributed by atoms with Gasteiger partial charge in [-0.1, -0.05) is 12.1 Å². The summed E-state index contributed by atoms with van der Waals surface area (Å²) in [6.07, 6.45) is 1.48. The van der Waals surface area contributed by atoms with Crippen LogP contribution in [0.3, 0.4) is 0 Å². The van der Waals surface area contributed by atoms with Crippen molar-refractivity contribution in [3.8, 4) is 5.75 Å². The van der Waals surface area contributed by atoms with Crippen LogP contribution >= 0.6 is 0 Å². The zero-order valence-corrected chi connectivity index (χ0v) is 11.0. The van der Waals surface area contributed by atoms with Crippen LogP contribution in [-0.4, -0.2) is 32.1 Å². The molecule has 1 atom stereocenters. The highest BCUT2D eigenvalue weighted by atomic mass is 16.5. The lowest BCUT2D eigenvalue weighted by molar-refractivity contribution is -0.119. The molecule has 0 aliphatic carbocycles. The van der Waals surface area contributed by atoms with Gasteiger partial charge in [0.1, 0.15) is 5.75 Å². The van der Waals surface area contributed by atoms with Crippen molar-refractivity contribution in [2.45, 2.75) is 25.8 Å². The van der Waals surface area contributed by atoms with Gasteiger partial charge in [-0.3, -0.25) is 4.79 Å². The van der Waals surface area contributed by atoms with Gasteiger partial charge in [0.15, 0.2) is 0 Å². The molecule has 4 nitrogen and oxygen atoms in total. The first-order valence-corrected chi connectivity index (χ1v) is 6.39. The number of hydrogen-bond donors (Lipinski definition) is 1. The molecule has 1 aliphatic heterocycles. The highest BCUT2D eigenvalue weighted by Gasteiger charge is 2.22.